The Bertz CT molecular complexity index is 1390. The molecule has 1 saturated carbocycles. The first-order valence-corrected chi connectivity index (χ1v) is 12.3. The van der Waals surface area contributed by atoms with E-state index >= 15 is 0 Å². The summed E-state index contributed by atoms with van der Waals surface area (Å²) in [6.45, 7) is -0.0962. The molecule has 10 nitrogen and oxygen atoms in total. The Balaban J connectivity index is 1.76. The molecule has 0 spiro atoms. The lowest BCUT2D eigenvalue weighted by atomic mass is 9.82. The molecule has 1 aromatic carbocycles. The van der Waals surface area contributed by atoms with Gasteiger partial charge in [-0.25, -0.2) is 17.5 Å². The van der Waals surface area contributed by atoms with Gasteiger partial charge in [0.2, 0.25) is 10.0 Å². The summed E-state index contributed by atoms with van der Waals surface area (Å²) < 4.78 is 44.3. The van der Waals surface area contributed by atoms with Gasteiger partial charge in [0.05, 0.1) is 22.2 Å². The van der Waals surface area contributed by atoms with Gasteiger partial charge in [-0.1, -0.05) is 12.1 Å². The van der Waals surface area contributed by atoms with Crippen LogP contribution in [0.5, 0.6) is 0 Å². The predicted octanol–water partition coefficient (Wildman–Crippen LogP) is 2.31. The van der Waals surface area contributed by atoms with Gasteiger partial charge in [-0.05, 0) is 43.7 Å². The highest BCUT2D eigenvalue weighted by Gasteiger charge is 2.33. The number of benzene rings is 1. The van der Waals surface area contributed by atoms with Crippen LogP contribution in [0.4, 0.5) is 10.1 Å². The molecule has 1 unspecified atom stereocenters. The molecule has 0 saturated heterocycles. The van der Waals surface area contributed by atoms with Gasteiger partial charge in [0.15, 0.2) is 4.90 Å². The summed E-state index contributed by atoms with van der Waals surface area (Å²) in [5, 5.41) is 11.4. The third kappa shape index (κ3) is 4.98. The Morgan fingerprint density at radius 2 is 1.91 bits per heavy atom. The molecule has 0 aliphatic heterocycles. The monoisotopic (exact) mass is 489 g/mol. The predicted molar refractivity (Wildman–Crippen MR) is 123 cm³/mol. The van der Waals surface area contributed by atoms with Gasteiger partial charge in [0, 0.05) is 36.8 Å². The number of pyridine rings is 2. The zero-order chi connectivity index (χ0) is 24.5. The highest BCUT2D eigenvalue weighted by atomic mass is 32.2. The lowest BCUT2D eigenvalue weighted by molar-refractivity contribution is -0.387. The molecule has 0 bridgehead atoms. The van der Waals surface area contributed by atoms with Crippen LogP contribution in [0.15, 0.2) is 58.4 Å². The normalized spacial score (nSPS) is 19.7. The molecule has 3 aromatic rings. The number of nitrogens with zero attached hydrogens (tertiary/aromatic N) is 3. The van der Waals surface area contributed by atoms with Crippen molar-refractivity contribution in [1.82, 2.24) is 14.3 Å². The fourth-order valence-corrected chi connectivity index (χ4v) is 5.92. The standard InChI is InChI=1S/C22H24FN5O5S/c23-15-11-20-17(25-12-15)9-10-22(29)27(20)13-18(14-5-7-16(24)8-6-14)26-34(32,33)21-4-2-1-3-19(21)28(30)31/h1-4,9-12,14,16,18,26H,5-8,13,24H2/t14-,16-,18?. The van der Waals surface area contributed by atoms with E-state index in [0.29, 0.717) is 31.2 Å². The van der Waals surface area contributed by atoms with Crippen molar-refractivity contribution in [1.29, 1.82) is 0 Å². The van der Waals surface area contributed by atoms with Crippen molar-refractivity contribution >= 4 is 26.7 Å². The van der Waals surface area contributed by atoms with Crippen LogP contribution in [-0.2, 0) is 16.6 Å². The SMILES string of the molecule is N[C@H]1CC[C@H](C(Cn2c(=O)ccc3ncc(F)cc32)NS(=O)(=O)c2ccccc2[N+](=O)[O-])CC1. The van der Waals surface area contributed by atoms with Gasteiger partial charge in [-0.3, -0.25) is 19.9 Å². The molecule has 3 N–H and O–H groups in total. The van der Waals surface area contributed by atoms with E-state index in [1.165, 1.54) is 34.9 Å². The number of sulfonamides is 1. The smallest absolute Gasteiger partial charge is 0.289 e. The van der Waals surface area contributed by atoms with Gasteiger partial charge >= 0.3 is 0 Å². The summed E-state index contributed by atoms with van der Waals surface area (Å²) >= 11 is 0. The lowest BCUT2D eigenvalue weighted by Crippen LogP contribution is -2.46. The minimum absolute atomic E-state index is 0.00212. The fraction of sp³-hybridized carbons (Fsp3) is 0.364. The zero-order valence-corrected chi connectivity index (χ0v) is 18.9. The second kappa shape index (κ2) is 9.57. The van der Waals surface area contributed by atoms with Gasteiger partial charge in [-0.2, -0.15) is 0 Å². The third-order valence-corrected chi connectivity index (χ3v) is 7.76. The summed E-state index contributed by atoms with van der Waals surface area (Å²) in [5.74, 6) is -0.812. The van der Waals surface area contributed by atoms with Crippen molar-refractivity contribution in [2.24, 2.45) is 11.7 Å². The van der Waals surface area contributed by atoms with Crippen LogP contribution in [0.2, 0.25) is 0 Å². The molecular weight excluding hydrogens is 465 g/mol. The lowest BCUT2D eigenvalue weighted by Gasteiger charge is -2.33. The summed E-state index contributed by atoms with van der Waals surface area (Å²) in [6.07, 6.45) is 3.60. The van der Waals surface area contributed by atoms with Crippen LogP contribution in [0, 0.1) is 21.8 Å². The van der Waals surface area contributed by atoms with Crippen molar-refractivity contribution in [2.45, 2.75) is 49.2 Å². The summed E-state index contributed by atoms with van der Waals surface area (Å²) in [7, 11) is -4.32. The van der Waals surface area contributed by atoms with Crippen molar-refractivity contribution in [3.63, 3.8) is 0 Å². The minimum Gasteiger partial charge on any atom is -0.328 e. The fourth-order valence-electron chi connectivity index (χ4n) is 4.46. The topological polar surface area (TPSA) is 150 Å². The molecule has 1 aliphatic carbocycles. The molecule has 0 radical (unpaired) electrons. The Hall–Kier alpha value is -3.22. The Morgan fingerprint density at radius 1 is 1.21 bits per heavy atom. The number of hydrogen-bond donors (Lipinski definition) is 2. The van der Waals surface area contributed by atoms with E-state index in [0.717, 1.165) is 18.3 Å². The van der Waals surface area contributed by atoms with Gasteiger partial charge in [0.25, 0.3) is 11.2 Å². The zero-order valence-electron chi connectivity index (χ0n) is 18.1. The third-order valence-electron chi connectivity index (χ3n) is 6.23. The number of nitrogens with two attached hydrogens (primary N) is 1. The van der Waals surface area contributed by atoms with E-state index in [9.17, 15) is 27.7 Å². The molecule has 12 heteroatoms. The number of rotatable bonds is 7. The van der Waals surface area contributed by atoms with E-state index in [1.807, 2.05) is 0 Å². The van der Waals surface area contributed by atoms with Gasteiger partial charge in [0.1, 0.15) is 5.82 Å². The maximum atomic E-state index is 13.9. The number of nitro benzene ring substituents is 1. The average Bonchev–Trinajstić information content (AvgIpc) is 2.80. The first kappa shape index (κ1) is 23.9. The maximum Gasteiger partial charge on any atom is 0.289 e. The highest BCUT2D eigenvalue weighted by Crippen LogP contribution is 2.30. The van der Waals surface area contributed by atoms with Crippen LogP contribution in [0.25, 0.3) is 11.0 Å². The summed E-state index contributed by atoms with van der Waals surface area (Å²) in [5.41, 5.74) is 5.64. The van der Waals surface area contributed by atoms with E-state index in [-0.39, 0.29) is 24.0 Å². The number of fused-ring (bicyclic) bond motifs is 1. The van der Waals surface area contributed by atoms with Crippen molar-refractivity contribution in [2.75, 3.05) is 0 Å². The largest absolute Gasteiger partial charge is 0.328 e. The van der Waals surface area contributed by atoms with Gasteiger partial charge < -0.3 is 10.3 Å². The van der Waals surface area contributed by atoms with E-state index in [1.54, 1.807) is 0 Å². The second-order valence-electron chi connectivity index (χ2n) is 8.47. The first-order chi connectivity index (χ1) is 16.2. The van der Waals surface area contributed by atoms with Crippen LogP contribution < -0.4 is 16.0 Å². The number of hydrogen-bond acceptors (Lipinski definition) is 7. The molecule has 0 amide bonds. The summed E-state index contributed by atoms with van der Waals surface area (Å²) in [4.78, 5) is 26.9. The molecule has 4 rings (SSSR count). The summed E-state index contributed by atoms with van der Waals surface area (Å²) in [6, 6.07) is 8.22. The molecule has 2 heterocycles. The Labute approximate surface area is 194 Å². The molecular formula is C22H24FN5O5S. The number of halogens is 1. The van der Waals surface area contributed by atoms with Gasteiger partial charge in [-0.15, -0.1) is 0 Å². The minimum atomic E-state index is -4.32. The quantitative estimate of drug-likeness (QED) is 0.382. The molecule has 2 aromatic heterocycles. The maximum absolute atomic E-state index is 13.9. The Kier molecular flexibility index (Phi) is 6.73. The van der Waals surface area contributed by atoms with E-state index in [4.69, 9.17) is 5.73 Å². The Morgan fingerprint density at radius 3 is 2.62 bits per heavy atom. The highest BCUT2D eigenvalue weighted by molar-refractivity contribution is 7.89. The van der Waals surface area contributed by atoms with Crippen LogP contribution in [0.3, 0.4) is 0 Å². The number of nitro groups is 1. The molecule has 34 heavy (non-hydrogen) atoms. The van der Waals surface area contributed by atoms with Crippen LogP contribution >= 0.6 is 0 Å². The number of para-hydroxylation sites is 1. The number of nitrogens with one attached hydrogen (secondary N) is 1. The number of aromatic nitrogens is 2. The van der Waals surface area contributed by atoms with Crippen LogP contribution in [0.1, 0.15) is 25.7 Å². The molecule has 1 aliphatic rings. The van der Waals surface area contributed by atoms with E-state index in [2.05, 4.69) is 9.71 Å². The molecule has 1 fully saturated rings. The van der Waals surface area contributed by atoms with Crippen molar-refractivity contribution in [3.8, 4) is 0 Å². The van der Waals surface area contributed by atoms with Crippen molar-refractivity contribution < 1.29 is 17.7 Å². The molecule has 180 valence electrons. The first-order valence-electron chi connectivity index (χ1n) is 10.8. The van der Waals surface area contributed by atoms with E-state index < -0.39 is 42.9 Å². The molecule has 1 atom stereocenters. The second-order valence-corrected chi connectivity index (χ2v) is 10.1. The van der Waals surface area contributed by atoms with Crippen LogP contribution in [-0.4, -0.2) is 35.0 Å². The average molecular weight is 490 g/mol. The van der Waals surface area contributed by atoms with Crippen molar-refractivity contribution in [3.05, 3.63) is 74.9 Å².